The molecule has 0 radical (unpaired) electrons. The van der Waals surface area contributed by atoms with E-state index in [0.29, 0.717) is 30.1 Å². The van der Waals surface area contributed by atoms with E-state index in [2.05, 4.69) is 4.90 Å². The van der Waals surface area contributed by atoms with Gasteiger partial charge in [0, 0.05) is 31.1 Å². The van der Waals surface area contributed by atoms with Gasteiger partial charge in [-0.1, -0.05) is 12.1 Å². The molecule has 0 aliphatic carbocycles. The third-order valence-corrected chi connectivity index (χ3v) is 5.44. The summed E-state index contributed by atoms with van der Waals surface area (Å²) in [6, 6.07) is 8.48. The quantitative estimate of drug-likeness (QED) is 0.879. The zero-order valence-electron chi connectivity index (χ0n) is 14.4. The molecule has 2 saturated heterocycles. The molecule has 2 aliphatic heterocycles. The molecule has 0 saturated carbocycles. The molecular weight excluding hydrogens is 334 g/mol. The van der Waals surface area contributed by atoms with Gasteiger partial charge in [-0.3, -0.25) is 19.3 Å². The van der Waals surface area contributed by atoms with E-state index in [9.17, 15) is 14.4 Å². The number of rotatable bonds is 3. The Morgan fingerprint density at radius 1 is 1.12 bits per heavy atom. The van der Waals surface area contributed by atoms with E-state index in [0.717, 1.165) is 25.9 Å². The maximum Gasteiger partial charge on any atom is 0.289 e. The highest BCUT2D eigenvalue weighted by molar-refractivity contribution is 5.93. The molecule has 4 rings (SSSR count). The van der Waals surface area contributed by atoms with Crippen molar-refractivity contribution in [3.8, 4) is 0 Å². The van der Waals surface area contributed by atoms with E-state index in [-0.39, 0.29) is 28.9 Å². The standard InChI is InChI=1S/C19H21N3O4/c20-18(24)12-5-7-21(8-6-12)13-10-22(11-13)19(25)17-9-15(23)14-3-1-2-4-16(14)26-17/h1-4,9,12-13H,5-8,10-11H2,(H2,20,24). The Hall–Kier alpha value is -2.67. The number of carbonyl (C=O) groups is 2. The van der Waals surface area contributed by atoms with E-state index in [4.69, 9.17) is 10.2 Å². The number of carbonyl (C=O) groups excluding carboxylic acids is 2. The van der Waals surface area contributed by atoms with Crippen LogP contribution in [0.25, 0.3) is 11.0 Å². The molecule has 1 aromatic carbocycles. The van der Waals surface area contributed by atoms with E-state index < -0.39 is 0 Å². The normalized spacial score (nSPS) is 19.5. The highest BCUT2D eigenvalue weighted by Gasteiger charge is 2.38. The summed E-state index contributed by atoms with van der Waals surface area (Å²) in [6.45, 7) is 2.87. The molecule has 2 amide bonds. The van der Waals surface area contributed by atoms with Crippen LogP contribution in [0.3, 0.4) is 0 Å². The van der Waals surface area contributed by atoms with Crippen LogP contribution >= 0.6 is 0 Å². The van der Waals surface area contributed by atoms with Crippen LogP contribution in [0.5, 0.6) is 0 Å². The van der Waals surface area contributed by atoms with Crippen LogP contribution in [0.1, 0.15) is 23.4 Å². The number of primary amides is 1. The largest absolute Gasteiger partial charge is 0.451 e. The summed E-state index contributed by atoms with van der Waals surface area (Å²) in [7, 11) is 0. The number of para-hydroxylation sites is 1. The highest BCUT2D eigenvalue weighted by Crippen LogP contribution is 2.24. The van der Waals surface area contributed by atoms with Crippen molar-refractivity contribution in [3.63, 3.8) is 0 Å². The Morgan fingerprint density at radius 2 is 1.81 bits per heavy atom. The molecule has 0 unspecified atom stereocenters. The van der Waals surface area contributed by atoms with Crippen LogP contribution in [0.2, 0.25) is 0 Å². The predicted octanol–water partition coefficient (Wildman–Crippen LogP) is 0.815. The first-order chi connectivity index (χ1) is 12.5. The minimum absolute atomic E-state index is 0.0315. The lowest BCUT2D eigenvalue weighted by atomic mass is 9.93. The number of piperidine rings is 1. The average Bonchev–Trinajstić information content (AvgIpc) is 2.61. The molecule has 7 nitrogen and oxygen atoms in total. The zero-order chi connectivity index (χ0) is 18.3. The Morgan fingerprint density at radius 3 is 2.50 bits per heavy atom. The Balaban J connectivity index is 1.39. The van der Waals surface area contributed by atoms with Crippen molar-refractivity contribution in [2.24, 2.45) is 11.7 Å². The minimum Gasteiger partial charge on any atom is -0.451 e. The van der Waals surface area contributed by atoms with Crippen LogP contribution in [-0.2, 0) is 4.79 Å². The summed E-state index contributed by atoms with van der Waals surface area (Å²) in [6.07, 6.45) is 1.55. The fourth-order valence-electron chi connectivity index (χ4n) is 3.77. The third-order valence-electron chi connectivity index (χ3n) is 5.44. The lowest BCUT2D eigenvalue weighted by molar-refractivity contribution is -0.123. The molecule has 26 heavy (non-hydrogen) atoms. The fraction of sp³-hybridized carbons (Fsp3) is 0.421. The monoisotopic (exact) mass is 355 g/mol. The zero-order valence-corrected chi connectivity index (χ0v) is 14.4. The summed E-state index contributed by atoms with van der Waals surface area (Å²) in [4.78, 5) is 40.0. The molecule has 136 valence electrons. The second-order valence-corrected chi connectivity index (χ2v) is 7.05. The lowest BCUT2D eigenvalue weighted by Gasteiger charge is -2.47. The van der Waals surface area contributed by atoms with Crippen LogP contribution in [0.15, 0.2) is 39.5 Å². The van der Waals surface area contributed by atoms with Gasteiger partial charge in [0.1, 0.15) is 5.58 Å². The first kappa shape index (κ1) is 16.8. The lowest BCUT2D eigenvalue weighted by Crippen LogP contribution is -2.62. The molecule has 0 bridgehead atoms. The maximum atomic E-state index is 12.6. The van der Waals surface area contributed by atoms with Gasteiger partial charge < -0.3 is 15.1 Å². The van der Waals surface area contributed by atoms with Gasteiger partial charge in [-0.05, 0) is 38.1 Å². The Bertz CT molecular complexity index is 908. The van der Waals surface area contributed by atoms with Crippen molar-refractivity contribution in [2.45, 2.75) is 18.9 Å². The second-order valence-electron chi connectivity index (χ2n) is 7.05. The number of amides is 2. The summed E-state index contributed by atoms with van der Waals surface area (Å²) >= 11 is 0. The number of likely N-dealkylation sites (tertiary alicyclic amines) is 2. The molecule has 2 aliphatic rings. The molecule has 3 heterocycles. The molecule has 1 aromatic heterocycles. The number of hydrogen-bond acceptors (Lipinski definition) is 5. The number of benzene rings is 1. The second kappa shape index (κ2) is 6.57. The van der Waals surface area contributed by atoms with Crippen molar-refractivity contribution in [2.75, 3.05) is 26.2 Å². The predicted molar refractivity (Wildman–Crippen MR) is 95.7 cm³/mol. The number of fused-ring (bicyclic) bond motifs is 1. The number of nitrogens with two attached hydrogens (primary N) is 1. The summed E-state index contributed by atoms with van der Waals surface area (Å²) in [5.74, 6) is -0.423. The molecule has 2 fully saturated rings. The number of hydrogen-bond donors (Lipinski definition) is 1. The maximum absolute atomic E-state index is 12.6. The Labute approximate surface area is 150 Å². The van der Waals surface area contributed by atoms with Crippen LogP contribution in [0.4, 0.5) is 0 Å². The molecule has 0 atom stereocenters. The smallest absolute Gasteiger partial charge is 0.289 e. The van der Waals surface area contributed by atoms with Gasteiger partial charge in [0.2, 0.25) is 5.91 Å². The molecule has 7 heteroatoms. The molecule has 2 aromatic rings. The van der Waals surface area contributed by atoms with Crippen molar-refractivity contribution in [3.05, 3.63) is 46.3 Å². The highest BCUT2D eigenvalue weighted by atomic mass is 16.3. The molecular formula is C19H21N3O4. The summed E-state index contributed by atoms with van der Waals surface area (Å²) in [5, 5.41) is 0.475. The number of nitrogens with zero attached hydrogens (tertiary/aromatic N) is 2. The van der Waals surface area contributed by atoms with Gasteiger partial charge >= 0.3 is 0 Å². The van der Waals surface area contributed by atoms with E-state index in [1.807, 2.05) is 0 Å². The van der Waals surface area contributed by atoms with Crippen molar-refractivity contribution < 1.29 is 14.0 Å². The van der Waals surface area contributed by atoms with Crippen molar-refractivity contribution >= 4 is 22.8 Å². The molecule has 0 spiro atoms. The summed E-state index contributed by atoms with van der Waals surface area (Å²) < 4.78 is 5.63. The van der Waals surface area contributed by atoms with E-state index in [1.54, 1.807) is 29.2 Å². The Kier molecular flexibility index (Phi) is 4.24. The van der Waals surface area contributed by atoms with Crippen LogP contribution < -0.4 is 11.2 Å². The van der Waals surface area contributed by atoms with Gasteiger partial charge in [-0.15, -0.1) is 0 Å². The van der Waals surface area contributed by atoms with Gasteiger partial charge in [0.25, 0.3) is 5.91 Å². The van der Waals surface area contributed by atoms with Crippen LogP contribution in [0, 0.1) is 5.92 Å². The molecule has 2 N–H and O–H groups in total. The first-order valence-electron chi connectivity index (χ1n) is 8.88. The fourth-order valence-corrected chi connectivity index (χ4v) is 3.77. The average molecular weight is 355 g/mol. The van der Waals surface area contributed by atoms with Crippen molar-refractivity contribution in [1.82, 2.24) is 9.80 Å². The van der Waals surface area contributed by atoms with Gasteiger partial charge in [-0.25, -0.2) is 0 Å². The van der Waals surface area contributed by atoms with Gasteiger partial charge in [-0.2, -0.15) is 0 Å². The first-order valence-corrected chi connectivity index (χ1v) is 8.88. The van der Waals surface area contributed by atoms with Gasteiger partial charge in [0.15, 0.2) is 11.2 Å². The SMILES string of the molecule is NC(=O)C1CCN(C2CN(C(=O)c3cc(=O)c4ccccc4o3)C2)CC1. The van der Waals surface area contributed by atoms with E-state index in [1.165, 1.54) is 6.07 Å². The third kappa shape index (κ3) is 2.99. The van der Waals surface area contributed by atoms with E-state index >= 15 is 0 Å². The minimum atomic E-state index is -0.254. The van der Waals surface area contributed by atoms with Gasteiger partial charge in [0.05, 0.1) is 5.39 Å². The van der Waals surface area contributed by atoms with Crippen molar-refractivity contribution in [1.29, 1.82) is 0 Å². The summed E-state index contributed by atoms with van der Waals surface area (Å²) in [5.41, 5.74) is 5.58. The van der Waals surface area contributed by atoms with Crippen LogP contribution in [-0.4, -0.2) is 53.8 Å². The topological polar surface area (TPSA) is 96.9 Å².